The predicted octanol–water partition coefficient (Wildman–Crippen LogP) is 4.03. The lowest BCUT2D eigenvalue weighted by Gasteiger charge is -2.16. The van der Waals surface area contributed by atoms with Gasteiger partial charge in [-0.15, -0.1) is 0 Å². The molecular weight excluding hydrogens is 400 g/mol. The van der Waals surface area contributed by atoms with Crippen molar-refractivity contribution in [1.82, 2.24) is 20.6 Å². The van der Waals surface area contributed by atoms with Crippen LogP contribution in [0.2, 0.25) is 0 Å². The van der Waals surface area contributed by atoms with Crippen LogP contribution in [0.3, 0.4) is 0 Å². The van der Waals surface area contributed by atoms with Crippen LogP contribution in [0.15, 0.2) is 97.2 Å². The summed E-state index contributed by atoms with van der Waals surface area (Å²) in [7, 11) is 0. The fourth-order valence-corrected chi connectivity index (χ4v) is 3.89. The van der Waals surface area contributed by atoms with Crippen molar-refractivity contribution in [3.8, 4) is 16.9 Å². The molecule has 1 saturated carbocycles. The van der Waals surface area contributed by atoms with Crippen LogP contribution >= 0.6 is 0 Å². The van der Waals surface area contributed by atoms with E-state index in [0.29, 0.717) is 11.3 Å². The number of carbonyl (C=O) groups excluding carboxylic acids is 2. The molecule has 2 amide bonds. The first-order chi connectivity index (χ1) is 15.7. The highest BCUT2D eigenvalue weighted by atomic mass is 16.2. The van der Waals surface area contributed by atoms with Crippen molar-refractivity contribution in [2.45, 2.75) is 18.3 Å². The number of amides is 2. The van der Waals surface area contributed by atoms with Gasteiger partial charge in [-0.05, 0) is 30.5 Å². The zero-order valence-electron chi connectivity index (χ0n) is 17.4. The standard InChI is InChI=1S/C26H22N4O2/c31-24(27-28-25(32)26(16-17-26)20-12-6-2-7-13-20)22-18-30(21-14-8-3-9-15-21)29-23(22)19-10-4-1-5-11-19/h1-15,18H,16-17H2,(H,27,31)(H,28,32). The summed E-state index contributed by atoms with van der Waals surface area (Å²) in [4.78, 5) is 26.0. The first-order valence-corrected chi connectivity index (χ1v) is 10.5. The normalized spacial score (nSPS) is 13.9. The summed E-state index contributed by atoms with van der Waals surface area (Å²) in [6, 6.07) is 28.8. The number of nitrogens with zero attached hydrogens (tertiary/aromatic N) is 2. The Morgan fingerprint density at radius 1 is 0.781 bits per heavy atom. The van der Waals surface area contributed by atoms with Crippen LogP contribution in [0.4, 0.5) is 0 Å². The maximum atomic E-state index is 13.1. The number of hydrogen-bond acceptors (Lipinski definition) is 3. The zero-order chi connectivity index (χ0) is 22.0. The molecule has 0 spiro atoms. The van der Waals surface area contributed by atoms with Crippen LogP contribution < -0.4 is 10.9 Å². The lowest BCUT2D eigenvalue weighted by Crippen LogP contribution is -2.46. The Balaban J connectivity index is 1.39. The third kappa shape index (κ3) is 3.67. The Morgan fingerprint density at radius 3 is 2.00 bits per heavy atom. The molecule has 158 valence electrons. The SMILES string of the molecule is O=C(NNC(=O)C1(c2ccccc2)CC1)c1cn(-c2ccccc2)nc1-c1ccccc1. The average Bonchev–Trinajstić information content (AvgIpc) is 3.56. The number of rotatable bonds is 5. The van der Waals surface area contributed by atoms with Gasteiger partial charge in [0.25, 0.3) is 5.91 Å². The van der Waals surface area contributed by atoms with Crippen LogP contribution in [-0.2, 0) is 10.2 Å². The van der Waals surface area contributed by atoms with Crippen molar-refractivity contribution in [2.75, 3.05) is 0 Å². The van der Waals surface area contributed by atoms with E-state index in [1.54, 1.807) is 10.9 Å². The molecule has 0 bridgehead atoms. The average molecular weight is 422 g/mol. The van der Waals surface area contributed by atoms with Gasteiger partial charge in [0.15, 0.2) is 0 Å². The van der Waals surface area contributed by atoms with E-state index in [0.717, 1.165) is 29.7 Å². The molecule has 5 rings (SSSR count). The summed E-state index contributed by atoms with van der Waals surface area (Å²) < 4.78 is 1.67. The molecule has 3 aromatic carbocycles. The smallest absolute Gasteiger partial charge is 0.272 e. The van der Waals surface area contributed by atoms with E-state index < -0.39 is 11.3 Å². The Bertz CT molecular complexity index is 1250. The lowest BCUT2D eigenvalue weighted by molar-refractivity contribution is -0.124. The summed E-state index contributed by atoms with van der Waals surface area (Å²) in [6.45, 7) is 0. The molecule has 6 nitrogen and oxygen atoms in total. The Hall–Kier alpha value is -4.19. The monoisotopic (exact) mass is 422 g/mol. The number of benzene rings is 3. The summed E-state index contributed by atoms with van der Waals surface area (Å²) >= 11 is 0. The second-order valence-corrected chi connectivity index (χ2v) is 7.89. The number of nitrogens with one attached hydrogen (secondary N) is 2. The minimum Gasteiger partial charge on any atom is -0.272 e. The van der Waals surface area contributed by atoms with Crippen LogP contribution in [-0.4, -0.2) is 21.6 Å². The van der Waals surface area contributed by atoms with Crippen molar-refractivity contribution in [3.05, 3.63) is 108 Å². The Labute approximate surface area is 185 Å². The van der Waals surface area contributed by atoms with Gasteiger partial charge in [0.05, 0.1) is 16.7 Å². The summed E-state index contributed by atoms with van der Waals surface area (Å²) in [5.41, 5.74) is 8.22. The number of para-hydroxylation sites is 1. The van der Waals surface area contributed by atoms with Crippen LogP contribution in [0, 0.1) is 0 Å². The lowest BCUT2D eigenvalue weighted by atomic mass is 9.95. The summed E-state index contributed by atoms with van der Waals surface area (Å²) in [5.74, 6) is -0.614. The molecule has 1 fully saturated rings. The highest BCUT2D eigenvalue weighted by molar-refractivity contribution is 6.01. The Morgan fingerprint density at radius 2 is 1.38 bits per heavy atom. The molecule has 1 aromatic heterocycles. The van der Waals surface area contributed by atoms with E-state index >= 15 is 0 Å². The molecule has 32 heavy (non-hydrogen) atoms. The van der Waals surface area contributed by atoms with E-state index in [1.807, 2.05) is 91.0 Å². The third-order valence-electron chi connectivity index (χ3n) is 5.83. The minimum atomic E-state index is -0.564. The second-order valence-electron chi connectivity index (χ2n) is 7.89. The highest BCUT2D eigenvalue weighted by Crippen LogP contribution is 2.48. The third-order valence-corrected chi connectivity index (χ3v) is 5.83. The number of carbonyl (C=O) groups is 2. The molecule has 1 aliphatic rings. The maximum absolute atomic E-state index is 13.1. The van der Waals surface area contributed by atoms with Gasteiger partial charge in [0.2, 0.25) is 5.91 Å². The topological polar surface area (TPSA) is 76.0 Å². The predicted molar refractivity (Wildman–Crippen MR) is 122 cm³/mol. The summed E-state index contributed by atoms with van der Waals surface area (Å²) in [6.07, 6.45) is 3.21. The van der Waals surface area contributed by atoms with Gasteiger partial charge in [-0.3, -0.25) is 20.4 Å². The van der Waals surface area contributed by atoms with Crippen molar-refractivity contribution >= 4 is 11.8 Å². The number of hydrazine groups is 1. The molecule has 0 saturated heterocycles. The minimum absolute atomic E-state index is 0.200. The van der Waals surface area contributed by atoms with Gasteiger partial charge in [-0.25, -0.2) is 4.68 Å². The van der Waals surface area contributed by atoms with Gasteiger partial charge < -0.3 is 0 Å². The first kappa shape index (κ1) is 19.8. The number of hydrogen-bond donors (Lipinski definition) is 2. The first-order valence-electron chi connectivity index (χ1n) is 10.5. The van der Waals surface area contributed by atoms with E-state index in [4.69, 9.17) is 0 Å². The highest BCUT2D eigenvalue weighted by Gasteiger charge is 2.51. The Kier molecular flexibility index (Phi) is 5.03. The molecule has 4 aromatic rings. The van der Waals surface area contributed by atoms with Crippen molar-refractivity contribution in [3.63, 3.8) is 0 Å². The van der Waals surface area contributed by atoms with E-state index in [1.165, 1.54) is 0 Å². The molecule has 1 aliphatic carbocycles. The molecular formula is C26H22N4O2. The van der Waals surface area contributed by atoms with Crippen molar-refractivity contribution < 1.29 is 9.59 Å². The molecule has 0 aliphatic heterocycles. The van der Waals surface area contributed by atoms with E-state index in [9.17, 15) is 9.59 Å². The number of aromatic nitrogens is 2. The van der Waals surface area contributed by atoms with Crippen LogP contribution in [0.25, 0.3) is 16.9 Å². The van der Waals surface area contributed by atoms with Gasteiger partial charge in [0.1, 0.15) is 5.69 Å². The van der Waals surface area contributed by atoms with Crippen LogP contribution in [0.5, 0.6) is 0 Å². The molecule has 0 unspecified atom stereocenters. The molecule has 0 radical (unpaired) electrons. The fourth-order valence-electron chi connectivity index (χ4n) is 3.89. The maximum Gasteiger partial charge on any atom is 0.273 e. The van der Waals surface area contributed by atoms with Gasteiger partial charge in [0, 0.05) is 11.8 Å². The second kappa shape index (κ2) is 8.15. The largest absolute Gasteiger partial charge is 0.273 e. The quantitative estimate of drug-likeness (QED) is 0.477. The molecule has 2 N–H and O–H groups in total. The molecule has 0 atom stereocenters. The molecule has 1 heterocycles. The van der Waals surface area contributed by atoms with Crippen molar-refractivity contribution in [1.29, 1.82) is 0 Å². The fraction of sp³-hybridized carbons (Fsp3) is 0.115. The van der Waals surface area contributed by atoms with Crippen molar-refractivity contribution in [2.24, 2.45) is 0 Å². The van der Waals surface area contributed by atoms with Gasteiger partial charge in [-0.2, -0.15) is 5.10 Å². The summed E-state index contributed by atoms with van der Waals surface area (Å²) in [5, 5.41) is 4.65. The van der Waals surface area contributed by atoms with Gasteiger partial charge in [-0.1, -0.05) is 78.9 Å². The molecule has 6 heteroatoms. The van der Waals surface area contributed by atoms with E-state index in [2.05, 4.69) is 16.0 Å². The van der Waals surface area contributed by atoms with Crippen LogP contribution in [0.1, 0.15) is 28.8 Å². The van der Waals surface area contributed by atoms with E-state index in [-0.39, 0.29) is 5.91 Å². The van der Waals surface area contributed by atoms with Gasteiger partial charge >= 0.3 is 0 Å². The zero-order valence-corrected chi connectivity index (χ0v) is 17.4.